The van der Waals surface area contributed by atoms with Crippen LogP contribution in [0.2, 0.25) is 0 Å². The third-order valence-corrected chi connectivity index (χ3v) is 3.19. The molecule has 0 aliphatic carbocycles. The van der Waals surface area contributed by atoms with E-state index in [-0.39, 0.29) is 5.91 Å². The summed E-state index contributed by atoms with van der Waals surface area (Å²) >= 11 is 0. The van der Waals surface area contributed by atoms with Crippen molar-refractivity contribution >= 4 is 17.7 Å². The minimum absolute atomic E-state index is 0.0467. The third kappa shape index (κ3) is 3.72. The number of benzene rings is 2. The summed E-state index contributed by atoms with van der Waals surface area (Å²) < 4.78 is 5.27. The van der Waals surface area contributed by atoms with E-state index >= 15 is 0 Å². The number of para-hydroxylation sites is 2. The summed E-state index contributed by atoms with van der Waals surface area (Å²) in [5.41, 5.74) is 1.78. The Kier molecular flexibility index (Phi) is 5.16. The Morgan fingerprint density at radius 1 is 1.10 bits per heavy atom. The summed E-state index contributed by atoms with van der Waals surface area (Å²) in [6.45, 7) is 2.58. The Labute approximate surface area is 125 Å². The monoisotopic (exact) mass is 281 g/mol. The fourth-order valence-electron chi connectivity index (χ4n) is 2.13. The lowest BCUT2D eigenvalue weighted by Crippen LogP contribution is -2.28. The highest BCUT2D eigenvalue weighted by Crippen LogP contribution is 2.19. The van der Waals surface area contributed by atoms with Gasteiger partial charge in [-0.2, -0.15) is 0 Å². The number of amides is 1. The standard InChI is InChI=1S/C18H19NO2/c1-3-19(16-10-5-4-6-11-16)18(20)14-13-15-9-7-8-12-17(15)21-2/h4-14H,3H2,1-2H3/b14-13+. The van der Waals surface area contributed by atoms with Crippen molar-refractivity contribution in [2.45, 2.75) is 6.92 Å². The molecule has 0 saturated carbocycles. The third-order valence-electron chi connectivity index (χ3n) is 3.19. The maximum Gasteiger partial charge on any atom is 0.250 e. The van der Waals surface area contributed by atoms with Crippen molar-refractivity contribution in [2.75, 3.05) is 18.6 Å². The lowest BCUT2D eigenvalue weighted by molar-refractivity contribution is -0.114. The SMILES string of the molecule is CCN(C(=O)/C=C/c1ccccc1OC)c1ccccc1. The van der Waals surface area contributed by atoms with Crippen LogP contribution in [-0.2, 0) is 4.79 Å². The molecule has 0 aromatic heterocycles. The Morgan fingerprint density at radius 2 is 1.76 bits per heavy atom. The smallest absolute Gasteiger partial charge is 0.250 e. The van der Waals surface area contributed by atoms with Crippen LogP contribution >= 0.6 is 0 Å². The number of carbonyl (C=O) groups is 1. The average molecular weight is 281 g/mol. The Balaban J connectivity index is 2.18. The molecule has 0 atom stereocenters. The van der Waals surface area contributed by atoms with Gasteiger partial charge in [-0.05, 0) is 31.2 Å². The van der Waals surface area contributed by atoms with Crippen LogP contribution in [0.5, 0.6) is 5.75 Å². The molecule has 0 saturated heterocycles. The van der Waals surface area contributed by atoms with E-state index in [9.17, 15) is 4.79 Å². The average Bonchev–Trinajstić information content (AvgIpc) is 2.55. The van der Waals surface area contributed by atoms with Gasteiger partial charge in [0.05, 0.1) is 7.11 Å². The molecule has 0 unspecified atom stereocenters. The normalized spacial score (nSPS) is 10.6. The van der Waals surface area contributed by atoms with Crippen molar-refractivity contribution in [2.24, 2.45) is 0 Å². The van der Waals surface area contributed by atoms with E-state index in [2.05, 4.69) is 0 Å². The highest BCUT2D eigenvalue weighted by Gasteiger charge is 2.10. The molecule has 108 valence electrons. The molecular formula is C18H19NO2. The number of rotatable bonds is 5. The summed E-state index contributed by atoms with van der Waals surface area (Å²) in [4.78, 5) is 14.1. The maximum absolute atomic E-state index is 12.3. The number of ether oxygens (including phenoxy) is 1. The zero-order valence-electron chi connectivity index (χ0n) is 12.3. The fraction of sp³-hybridized carbons (Fsp3) is 0.167. The van der Waals surface area contributed by atoms with Crippen molar-refractivity contribution in [1.29, 1.82) is 0 Å². The van der Waals surface area contributed by atoms with E-state index in [4.69, 9.17) is 4.74 Å². The Bertz CT molecular complexity index is 620. The number of hydrogen-bond donors (Lipinski definition) is 0. The molecule has 0 heterocycles. The molecule has 3 nitrogen and oxygen atoms in total. The Morgan fingerprint density at radius 3 is 2.43 bits per heavy atom. The molecule has 0 aliphatic rings. The van der Waals surface area contributed by atoms with Gasteiger partial charge in [-0.1, -0.05) is 36.4 Å². The molecule has 2 rings (SSSR count). The molecule has 3 heteroatoms. The van der Waals surface area contributed by atoms with Gasteiger partial charge in [0.15, 0.2) is 0 Å². The van der Waals surface area contributed by atoms with Crippen LogP contribution in [0, 0.1) is 0 Å². The number of methoxy groups -OCH3 is 1. The molecule has 2 aromatic carbocycles. The summed E-state index contributed by atoms with van der Waals surface area (Å²) in [7, 11) is 1.62. The number of hydrogen-bond acceptors (Lipinski definition) is 2. The van der Waals surface area contributed by atoms with Gasteiger partial charge in [0, 0.05) is 23.9 Å². The van der Waals surface area contributed by atoms with E-state index < -0.39 is 0 Å². The minimum atomic E-state index is -0.0467. The zero-order chi connectivity index (χ0) is 15.1. The van der Waals surface area contributed by atoms with Crippen LogP contribution in [-0.4, -0.2) is 19.6 Å². The molecule has 0 spiro atoms. The van der Waals surface area contributed by atoms with E-state index in [1.807, 2.05) is 61.5 Å². The lowest BCUT2D eigenvalue weighted by atomic mass is 10.2. The highest BCUT2D eigenvalue weighted by atomic mass is 16.5. The van der Waals surface area contributed by atoms with E-state index in [0.29, 0.717) is 6.54 Å². The number of nitrogens with zero attached hydrogens (tertiary/aromatic N) is 1. The van der Waals surface area contributed by atoms with Crippen LogP contribution in [0.1, 0.15) is 12.5 Å². The molecule has 0 radical (unpaired) electrons. The molecule has 0 fully saturated rings. The summed E-state index contributed by atoms with van der Waals surface area (Å²) in [5, 5.41) is 0. The van der Waals surface area contributed by atoms with Crippen LogP contribution < -0.4 is 9.64 Å². The first kappa shape index (κ1) is 14.9. The fourth-order valence-corrected chi connectivity index (χ4v) is 2.13. The highest BCUT2D eigenvalue weighted by molar-refractivity contribution is 6.03. The van der Waals surface area contributed by atoms with Gasteiger partial charge >= 0.3 is 0 Å². The molecule has 0 bridgehead atoms. The van der Waals surface area contributed by atoms with E-state index in [1.54, 1.807) is 24.2 Å². The van der Waals surface area contributed by atoms with Gasteiger partial charge < -0.3 is 9.64 Å². The molecular weight excluding hydrogens is 262 g/mol. The zero-order valence-corrected chi connectivity index (χ0v) is 12.3. The van der Waals surface area contributed by atoms with E-state index in [0.717, 1.165) is 17.0 Å². The first-order chi connectivity index (χ1) is 10.3. The maximum atomic E-state index is 12.3. The van der Waals surface area contributed by atoms with Gasteiger partial charge in [0.25, 0.3) is 5.91 Å². The Hall–Kier alpha value is -2.55. The van der Waals surface area contributed by atoms with Crippen molar-refractivity contribution in [3.05, 3.63) is 66.2 Å². The predicted octanol–water partition coefficient (Wildman–Crippen LogP) is 3.76. The largest absolute Gasteiger partial charge is 0.496 e. The molecule has 21 heavy (non-hydrogen) atoms. The van der Waals surface area contributed by atoms with Crippen LogP contribution in [0.15, 0.2) is 60.7 Å². The topological polar surface area (TPSA) is 29.5 Å². The number of anilines is 1. The van der Waals surface area contributed by atoms with E-state index in [1.165, 1.54) is 0 Å². The van der Waals surface area contributed by atoms with Crippen LogP contribution in [0.4, 0.5) is 5.69 Å². The van der Waals surface area contributed by atoms with Gasteiger partial charge in [-0.3, -0.25) is 4.79 Å². The molecule has 0 N–H and O–H groups in total. The lowest BCUT2D eigenvalue weighted by Gasteiger charge is -2.19. The van der Waals surface area contributed by atoms with Crippen molar-refractivity contribution in [3.63, 3.8) is 0 Å². The quantitative estimate of drug-likeness (QED) is 0.781. The second-order valence-electron chi connectivity index (χ2n) is 4.49. The van der Waals surface area contributed by atoms with Crippen molar-refractivity contribution < 1.29 is 9.53 Å². The van der Waals surface area contributed by atoms with Crippen molar-refractivity contribution in [3.8, 4) is 5.75 Å². The van der Waals surface area contributed by atoms with Crippen molar-refractivity contribution in [1.82, 2.24) is 0 Å². The predicted molar refractivity (Wildman–Crippen MR) is 86.5 cm³/mol. The minimum Gasteiger partial charge on any atom is -0.496 e. The number of carbonyl (C=O) groups excluding carboxylic acids is 1. The number of likely N-dealkylation sites (N-methyl/N-ethyl adjacent to an activating group) is 1. The molecule has 2 aromatic rings. The van der Waals surface area contributed by atoms with Crippen LogP contribution in [0.3, 0.4) is 0 Å². The summed E-state index contributed by atoms with van der Waals surface area (Å²) in [5.74, 6) is 0.707. The van der Waals surface area contributed by atoms with Gasteiger partial charge in [-0.25, -0.2) is 0 Å². The van der Waals surface area contributed by atoms with Gasteiger partial charge in [-0.15, -0.1) is 0 Å². The van der Waals surface area contributed by atoms with Gasteiger partial charge in [0.2, 0.25) is 0 Å². The first-order valence-electron chi connectivity index (χ1n) is 6.94. The summed E-state index contributed by atoms with van der Waals surface area (Å²) in [6.07, 6.45) is 3.36. The van der Waals surface area contributed by atoms with Crippen LogP contribution in [0.25, 0.3) is 6.08 Å². The summed E-state index contributed by atoms with van der Waals surface area (Å²) in [6, 6.07) is 17.3. The second kappa shape index (κ2) is 7.29. The second-order valence-corrected chi connectivity index (χ2v) is 4.49. The van der Waals surface area contributed by atoms with Gasteiger partial charge in [0.1, 0.15) is 5.75 Å². The molecule has 0 aliphatic heterocycles. The molecule has 1 amide bonds. The first-order valence-corrected chi connectivity index (χ1v) is 6.94.